The Bertz CT molecular complexity index is 970. The molecule has 7 nitrogen and oxygen atoms in total. The fourth-order valence-electron chi connectivity index (χ4n) is 2.64. The molecule has 0 unspecified atom stereocenters. The van der Waals surface area contributed by atoms with Crippen molar-refractivity contribution in [1.29, 1.82) is 0 Å². The van der Waals surface area contributed by atoms with Crippen LogP contribution in [0.3, 0.4) is 0 Å². The van der Waals surface area contributed by atoms with Crippen molar-refractivity contribution >= 4 is 11.6 Å². The minimum absolute atomic E-state index is 0.00825. The summed E-state index contributed by atoms with van der Waals surface area (Å²) in [6.07, 6.45) is 0. The Morgan fingerprint density at radius 2 is 1.82 bits per heavy atom. The number of amides is 1. The summed E-state index contributed by atoms with van der Waals surface area (Å²) in [6.45, 7) is 6.41. The average molecular weight is 384 g/mol. The third-order valence-corrected chi connectivity index (χ3v) is 3.85. The molecular weight excluding hydrogens is 363 g/mol. The number of benzene rings is 2. The van der Waals surface area contributed by atoms with Crippen molar-refractivity contribution in [3.05, 3.63) is 59.9 Å². The Balaban J connectivity index is 1.86. The van der Waals surface area contributed by atoms with E-state index in [1.807, 2.05) is 13.8 Å². The van der Waals surface area contributed by atoms with Crippen LogP contribution in [0.5, 0.6) is 11.5 Å². The van der Waals surface area contributed by atoms with E-state index in [1.54, 1.807) is 37.3 Å². The monoisotopic (exact) mass is 384 g/mol. The minimum Gasteiger partial charge on any atom is -0.494 e. The molecule has 0 radical (unpaired) electrons. The summed E-state index contributed by atoms with van der Waals surface area (Å²) < 4.78 is 25.7. The van der Waals surface area contributed by atoms with E-state index in [4.69, 9.17) is 9.47 Å². The molecule has 0 saturated heterocycles. The van der Waals surface area contributed by atoms with Crippen LogP contribution < -0.4 is 14.8 Å². The van der Waals surface area contributed by atoms with E-state index in [2.05, 4.69) is 15.4 Å². The van der Waals surface area contributed by atoms with Gasteiger partial charge < -0.3 is 14.8 Å². The van der Waals surface area contributed by atoms with E-state index in [1.165, 1.54) is 16.8 Å². The standard InChI is InChI=1S/C20H21FN4O3/c1-4-27-16-10-11-18(28-5-2)17(12-16)23-20(26)19-22-13(3)25(24-19)15-8-6-14(21)7-9-15/h6-12H,4-5H2,1-3H3,(H,23,26). The molecule has 1 N–H and O–H groups in total. The quantitative estimate of drug-likeness (QED) is 0.671. The van der Waals surface area contributed by atoms with Gasteiger partial charge in [-0.2, -0.15) is 0 Å². The molecule has 8 heteroatoms. The fourth-order valence-corrected chi connectivity index (χ4v) is 2.64. The highest BCUT2D eigenvalue weighted by molar-refractivity contribution is 6.02. The van der Waals surface area contributed by atoms with Crippen LogP contribution in [0.2, 0.25) is 0 Å². The number of aryl methyl sites for hydroxylation is 1. The molecular formula is C20H21FN4O3. The maximum atomic E-state index is 13.1. The third kappa shape index (κ3) is 4.28. The minimum atomic E-state index is -0.487. The number of nitrogens with one attached hydrogen (secondary N) is 1. The van der Waals surface area contributed by atoms with Crippen molar-refractivity contribution < 1.29 is 18.7 Å². The molecule has 0 saturated carbocycles. The van der Waals surface area contributed by atoms with Crippen LogP contribution in [-0.2, 0) is 0 Å². The number of hydrogen-bond acceptors (Lipinski definition) is 5. The second-order valence-corrected chi connectivity index (χ2v) is 5.85. The summed E-state index contributed by atoms with van der Waals surface area (Å²) in [5, 5.41) is 7.01. The van der Waals surface area contributed by atoms with Gasteiger partial charge in [-0.25, -0.2) is 14.1 Å². The lowest BCUT2D eigenvalue weighted by Gasteiger charge is -2.12. The van der Waals surface area contributed by atoms with E-state index < -0.39 is 5.91 Å². The van der Waals surface area contributed by atoms with Crippen LogP contribution in [0, 0.1) is 12.7 Å². The van der Waals surface area contributed by atoms with Crippen LogP contribution in [-0.4, -0.2) is 33.9 Å². The number of anilines is 1. The molecule has 28 heavy (non-hydrogen) atoms. The second kappa shape index (κ2) is 8.51. The molecule has 146 valence electrons. The van der Waals surface area contributed by atoms with Crippen LogP contribution in [0.25, 0.3) is 5.69 Å². The lowest BCUT2D eigenvalue weighted by molar-refractivity contribution is 0.101. The zero-order valence-electron chi connectivity index (χ0n) is 15.9. The third-order valence-electron chi connectivity index (χ3n) is 3.85. The Morgan fingerprint density at radius 3 is 2.50 bits per heavy atom. The van der Waals surface area contributed by atoms with Gasteiger partial charge in [-0.3, -0.25) is 4.79 Å². The topological polar surface area (TPSA) is 78.3 Å². The highest BCUT2D eigenvalue weighted by Gasteiger charge is 2.18. The number of halogens is 1. The van der Waals surface area contributed by atoms with Gasteiger partial charge in [0.15, 0.2) is 0 Å². The van der Waals surface area contributed by atoms with Crippen molar-refractivity contribution in [2.75, 3.05) is 18.5 Å². The van der Waals surface area contributed by atoms with Gasteiger partial charge >= 0.3 is 0 Å². The molecule has 3 rings (SSSR count). The predicted octanol–water partition coefficient (Wildman–Crippen LogP) is 3.76. The molecule has 3 aromatic rings. The summed E-state index contributed by atoms with van der Waals surface area (Å²) in [5.41, 5.74) is 1.08. The van der Waals surface area contributed by atoms with Crippen LogP contribution in [0.4, 0.5) is 10.1 Å². The van der Waals surface area contributed by atoms with Gasteiger partial charge in [0.2, 0.25) is 5.82 Å². The van der Waals surface area contributed by atoms with Gasteiger partial charge in [0.1, 0.15) is 23.1 Å². The largest absolute Gasteiger partial charge is 0.494 e. The molecule has 0 aliphatic rings. The highest BCUT2D eigenvalue weighted by Crippen LogP contribution is 2.29. The molecule has 1 heterocycles. The van der Waals surface area contributed by atoms with E-state index in [0.29, 0.717) is 41.9 Å². The van der Waals surface area contributed by atoms with Gasteiger partial charge in [-0.1, -0.05) is 0 Å². The van der Waals surface area contributed by atoms with E-state index >= 15 is 0 Å². The summed E-state index contributed by atoms with van der Waals surface area (Å²) in [4.78, 5) is 16.9. The number of carbonyl (C=O) groups is 1. The fraction of sp³-hybridized carbons (Fsp3) is 0.250. The zero-order chi connectivity index (χ0) is 20.1. The van der Waals surface area contributed by atoms with Gasteiger partial charge in [0.05, 0.1) is 24.6 Å². The normalized spacial score (nSPS) is 10.6. The molecule has 2 aromatic carbocycles. The summed E-state index contributed by atoms with van der Waals surface area (Å²) >= 11 is 0. The van der Waals surface area contributed by atoms with E-state index in [0.717, 1.165) is 0 Å². The lowest BCUT2D eigenvalue weighted by atomic mass is 10.2. The highest BCUT2D eigenvalue weighted by atomic mass is 19.1. The Morgan fingerprint density at radius 1 is 1.11 bits per heavy atom. The van der Waals surface area contributed by atoms with Crippen molar-refractivity contribution in [3.63, 3.8) is 0 Å². The van der Waals surface area contributed by atoms with Gasteiger partial charge in [0.25, 0.3) is 5.91 Å². The smallest absolute Gasteiger partial charge is 0.295 e. The molecule has 0 atom stereocenters. The first-order valence-electron chi connectivity index (χ1n) is 8.92. The number of nitrogens with zero attached hydrogens (tertiary/aromatic N) is 3. The number of carbonyl (C=O) groups excluding carboxylic acids is 1. The van der Waals surface area contributed by atoms with Gasteiger partial charge in [-0.15, -0.1) is 5.10 Å². The molecule has 0 fully saturated rings. The van der Waals surface area contributed by atoms with Gasteiger partial charge in [-0.05, 0) is 57.2 Å². The van der Waals surface area contributed by atoms with Crippen molar-refractivity contribution in [2.24, 2.45) is 0 Å². The zero-order valence-corrected chi connectivity index (χ0v) is 15.9. The van der Waals surface area contributed by atoms with Crippen LogP contribution >= 0.6 is 0 Å². The first-order chi connectivity index (χ1) is 13.5. The maximum Gasteiger partial charge on any atom is 0.295 e. The average Bonchev–Trinajstić information content (AvgIpc) is 3.07. The Hall–Kier alpha value is -3.42. The van der Waals surface area contributed by atoms with E-state index in [-0.39, 0.29) is 11.6 Å². The molecule has 0 spiro atoms. The van der Waals surface area contributed by atoms with Crippen molar-refractivity contribution in [1.82, 2.24) is 14.8 Å². The number of hydrogen-bond donors (Lipinski definition) is 1. The van der Waals surface area contributed by atoms with Crippen LogP contribution in [0.1, 0.15) is 30.3 Å². The molecule has 0 aliphatic carbocycles. The summed E-state index contributed by atoms with van der Waals surface area (Å²) in [5.74, 6) is 0.794. The Kier molecular flexibility index (Phi) is 5.88. The SMILES string of the molecule is CCOc1ccc(OCC)c(NC(=O)c2nc(C)n(-c3ccc(F)cc3)n2)c1. The molecule has 0 bridgehead atoms. The van der Waals surface area contributed by atoms with Crippen molar-refractivity contribution in [2.45, 2.75) is 20.8 Å². The van der Waals surface area contributed by atoms with Crippen LogP contribution in [0.15, 0.2) is 42.5 Å². The number of ether oxygens (including phenoxy) is 2. The number of rotatable bonds is 7. The summed E-state index contributed by atoms with van der Waals surface area (Å²) in [7, 11) is 0. The summed E-state index contributed by atoms with van der Waals surface area (Å²) in [6, 6.07) is 11.0. The lowest BCUT2D eigenvalue weighted by Crippen LogP contribution is -2.15. The van der Waals surface area contributed by atoms with E-state index in [9.17, 15) is 9.18 Å². The number of aromatic nitrogens is 3. The van der Waals surface area contributed by atoms with Crippen molar-refractivity contribution in [3.8, 4) is 17.2 Å². The molecule has 0 aliphatic heterocycles. The molecule has 1 amide bonds. The first kappa shape index (κ1) is 19.3. The predicted molar refractivity (Wildman–Crippen MR) is 103 cm³/mol. The first-order valence-corrected chi connectivity index (χ1v) is 8.92. The van der Waals surface area contributed by atoms with Gasteiger partial charge in [0, 0.05) is 6.07 Å². The second-order valence-electron chi connectivity index (χ2n) is 5.85. The Labute approximate surface area is 162 Å². The maximum absolute atomic E-state index is 13.1. The molecule has 1 aromatic heterocycles.